The molecular formula is C11H18N2S. The molecule has 0 saturated heterocycles. The summed E-state index contributed by atoms with van der Waals surface area (Å²) in [6.45, 7) is 3.69. The van der Waals surface area contributed by atoms with Gasteiger partial charge in [-0.3, -0.25) is 0 Å². The molecule has 0 aliphatic rings. The minimum absolute atomic E-state index is 0.320. The normalized spacial score (nSPS) is 13.6. The highest BCUT2D eigenvalue weighted by Gasteiger charge is 2.08. The molecule has 0 radical (unpaired) electrons. The van der Waals surface area contributed by atoms with Gasteiger partial charge in [-0.05, 0) is 31.3 Å². The highest BCUT2D eigenvalue weighted by Crippen LogP contribution is 2.17. The highest BCUT2D eigenvalue weighted by molar-refractivity contribution is 7.10. The van der Waals surface area contributed by atoms with E-state index in [1.165, 1.54) is 4.88 Å². The Balaban J connectivity index is 2.33. The van der Waals surface area contributed by atoms with Gasteiger partial charge < -0.3 is 11.1 Å². The van der Waals surface area contributed by atoms with Gasteiger partial charge >= 0.3 is 0 Å². The maximum Gasteiger partial charge on any atom is 0.0539 e. The second-order valence-electron chi connectivity index (χ2n) is 3.12. The molecule has 2 nitrogen and oxygen atoms in total. The Bertz CT molecular complexity index is 254. The molecule has 1 heterocycles. The van der Waals surface area contributed by atoms with Gasteiger partial charge in [0.1, 0.15) is 0 Å². The summed E-state index contributed by atoms with van der Waals surface area (Å²) in [6, 6.07) is 4.52. The van der Waals surface area contributed by atoms with E-state index in [0.717, 1.165) is 13.0 Å². The van der Waals surface area contributed by atoms with E-state index in [1.807, 2.05) is 6.92 Å². The van der Waals surface area contributed by atoms with Crippen LogP contribution in [0.3, 0.4) is 0 Å². The zero-order valence-corrected chi connectivity index (χ0v) is 9.39. The Morgan fingerprint density at radius 2 is 2.50 bits per heavy atom. The summed E-state index contributed by atoms with van der Waals surface area (Å²) >= 11 is 1.76. The second kappa shape index (κ2) is 6.76. The fraction of sp³-hybridized carbons (Fsp3) is 0.455. The van der Waals surface area contributed by atoms with Crippen LogP contribution in [0.5, 0.6) is 0 Å². The summed E-state index contributed by atoms with van der Waals surface area (Å²) in [4.78, 5) is 1.33. The van der Waals surface area contributed by atoms with Crippen molar-refractivity contribution in [1.29, 1.82) is 0 Å². The second-order valence-corrected chi connectivity index (χ2v) is 4.09. The molecule has 1 atom stereocenters. The van der Waals surface area contributed by atoms with Crippen molar-refractivity contribution in [3.63, 3.8) is 0 Å². The first-order chi connectivity index (χ1) is 6.88. The highest BCUT2D eigenvalue weighted by atomic mass is 32.1. The monoisotopic (exact) mass is 210 g/mol. The number of thiophene rings is 1. The predicted molar refractivity (Wildman–Crippen MR) is 63.5 cm³/mol. The minimum atomic E-state index is 0.320. The molecule has 3 N–H and O–H groups in total. The van der Waals surface area contributed by atoms with E-state index in [4.69, 9.17) is 5.73 Å². The molecule has 0 bridgehead atoms. The Morgan fingerprint density at radius 1 is 1.64 bits per heavy atom. The van der Waals surface area contributed by atoms with Crippen LogP contribution in [0.15, 0.2) is 29.7 Å². The molecule has 1 aromatic rings. The first-order valence-electron chi connectivity index (χ1n) is 4.96. The molecule has 0 fully saturated rings. The third-order valence-electron chi connectivity index (χ3n) is 2.06. The molecule has 1 aromatic heterocycles. The van der Waals surface area contributed by atoms with Gasteiger partial charge in [0.15, 0.2) is 0 Å². The average Bonchev–Trinajstić information content (AvgIpc) is 2.71. The van der Waals surface area contributed by atoms with Gasteiger partial charge in [0, 0.05) is 11.4 Å². The molecule has 1 rings (SSSR count). The molecule has 0 spiro atoms. The Morgan fingerprint density at radius 3 is 3.07 bits per heavy atom. The molecule has 0 aliphatic heterocycles. The van der Waals surface area contributed by atoms with Crippen molar-refractivity contribution in [2.75, 3.05) is 13.1 Å². The molecule has 14 heavy (non-hydrogen) atoms. The number of allylic oxidation sites excluding steroid dienone is 1. The largest absolute Gasteiger partial charge is 0.329 e. The fourth-order valence-corrected chi connectivity index (χ4v) is 2.11. The quantitative estimate of drug-likeness (QED) is 0.558. The summed E-state index contributed by atoms with van der Waals surface area (Å²) in [7, 11) is 0. The maximum absolute atomic E-state index is 5.70. The van der Waals surface area contributed by atoms with Crippen LogP contribution in [0.4, 0.5) is 0 Å². The molecule has 0 aromatic carbocycles. The molecule has 3 heteroatoms. The number of hydrogen-bond donors (Lipinski definition) is 2. The Labute approximate surface area is 89.8 Å². The van der Waals surface area contributed by atoms with Crippen LogP contribution in [-0.2, 0) is 0 Å². The van der Waals surface area contributed by atoms with Crippen LogP contribution in [0.2, 0.25) is 0 Å². The summed E-state index contributed by atoms with van der Waals surface area (Å²) in [5, 5.41) is 5.53. The molecule has 78 valence electrons. The lowest BCUT2D eigenvalue weighted by Crippen LogP contribution is -2.28. The predicted octanol–water partition coefficient (Wildman–Crippen LogP) is 2.30. The lowest BCUT2D eigenvalue weighted by atomic mass is 10.2. The van der Waals surface area contributed by atoms with Crippen LogP contribution in [0, 0.1) is 0 Å². The van der Waals surface area contributed by atoms with Crippen LogP contribution in [0.1, 0.15) is 24.3 Å². The van der Waals surface area contributed by atoms with Crippen LogP contribution in [-0.4, -0.2) is 13.1 Å². The third kappa shape index (κ3) is 3.62. The smallest absolute Gasteiger partial charge is 0.0539 e. The number of nitrogens with one attached hydrogen (secondary N) is 1. The number of nitrogens with two attached hydrogens (primary N) is 1. The van der Waals surface area contributed by atoms with E-state index in [9.17, 15) is 0 Å². The Hall–Kier alpha value is -0.640. The van der Waals surface area contributed by atoms with E-state index in [-0.39, 0.29) is 0 Å². The van der Waals surface area contributed by atoms with Crippen molar-refractivity contribution in [2.24, 2.45) is 5.73 Å². The van der Waals surface area contributed by atoms with Crippen LogP contribution < -0.4 is 11.1 Å². The summed E-state index contributed by atoms with van der Waals surface area (Å²) < 4.78 is 0. The zero-order valence-electron chi connectivity index (χ0n) is 8.57. The van der Waals surface area contributed by atoms with Crippen LogP contribution in [0.25, 0.3) is 0 Å². The molecule has 0 aliphatic carbocycles. The van der Waals surface area contributed by atoms with Gasteiger partial charge in [-0.25, -0.2) is 0 Å². The molecule has 0 amide bonds. The maximum atomic E-state index is 5.70. The minimum Gasteiger partial charge on any atom is -0.329 e. The van der Waals surface area contributed by atoms with Crippen molar-refractivity contribution in [3.8, 4) is 0 Å². The molecule has 1 unspecified atom stereocenters. The third-order valence-corrected chi connectivity index (χ3v) is 3.05. The SMILES string of the molecule is C/C=C/CCNC(CN)c1cccs1. The zero-order chi connectivity index (χ0) is 10.2. The van der Waals surface area contributed by atoms with E-state index >= 15 is 0 Å². The van der Waals surface area contributed by atoms with E-state index in [0.29, 0.717) is 12.6 Å². The standard InChI is InChI=1S/C11H18N2S/c1-2-3-4-7-13-10(9-12)11-6-5-8-14-11/h2-3,5-6,8,10,13H,4,7,9,12H2,1H3/b3-2+. The number of rotatable bonds is 6. The fourth-order valence-electron chi connectivity index (χ4n) is 1.30. The summed E-state index contributed by atoms with van der Waals surface area (Å²) in [5.74, 6) is 0. The van der Waals surface area contributed by atoms with Gasteiger partial charge in [-0.2, -0.15) is 0 Å². The van der Waals surface area contributed by atoms with Crippen molar-refractivity contribution in [1.82, 2.24) is 5.32 Å². The van der Waals surface area contributed by atoms with Crippen LogP contribution >= 0.6 is 11.3 Å². The van der Waals surface area contributed by atoms with Gasteiger partial charge in [0.2, 0.25) is 0 Å². The van der Waals surface area contributed by atoms with Gasteiger partial charge in [-0.1, -0.05) is 18.2 Å². The Kier molecular flexibility index (Phi) is 5.52. The summed E-state index contributed by atoms with van der Waals surface area (Å²) in [6.07, 6.45) is 5.30. The van der Waals surface area contributed by atoms with Gasteiger partial charge in [-0.15, -0.1) is 11.3 Å². The average molecular weight is 210 g/mol. The number of hydrogen-bond acceptors (Lipinski definition) is 3. The van der Waals surface area contributed by atoms with E-state index in [1.54, 1.807) is 11.3 Å². The lowest BCUT2D eigenvalue weighted by Gasteiger charge is -2.14. The first-order valence-corrected chi connectivity index (χ1v) is 5.84. The van der Waals surface area contributed by atoms with Crippen molar-refractivity contribution < 1.29 is 0 Å². The van der Waals surface area contributed by atoms with Crippen molar-refractivity contribution in [2.45, 2.75) is 19.4 Å². The topological polar surface area (TPSA) is 38.0 Å². The molecule has 0 saturated carbocycles. The summed E-state index contributed by atoms with van der Waals surface area (Å²) in [5.41, 5.74) is 5.70. The van der Waals surface area contributed by atoms with Gasteiger partial charge in [0.05, 0.1) is 6.04 Å². The van der Waals surface area contributed by atoms with Crippen molar-refractivity contribution >= 4 is 11.3 Å². The van der Waals surface area contributed by atoms with Gasteiger partial charge in [0.25, 0.3) is 0 Å². The lowest BCUT2D eigenvalue weighted by molar-refractivity contribution is 0.556. The van der Waals surface area contributed by atoms with E-state index in [2.05, 4.69) is 35.0 Å². The van der Waals surface area contributed by atoms with Crippen molar-refractivity contribution in [3.05, 3.63) is 34.5 Å². The first kappa shape index (κ1) is 11.4. The molecular weight excluding hydrogens is 192 g/mol. The van der Waals surface area contributed by atoms with E-state index < -0.39 is 0 Å².